The number of nitrogens with zero attached hydrogens (tertiary/aromatic N) is 2. The van der Waals surface area contributed by atoms with Crippen molar-refractivity contribution in [2.45, 2.75) is 27.2 Å². The SMILES string of the molecule is CCNc1cc(C(=O)Nc2cccc(C)n2)cc(CC)n1. The van der Waals surface area contributed by atoms with Crippen LogP contribution < -0.4 is 10.6 Å². The Labute approximate surface area is 124 Å². The Kier molecular flexibility index (Phi) is 4.87. The minimum Gasteiger partial charge on any atom is -0.370 e. The van der Waals surface area contributed by atoms with E-state index in [9.17, 15) is 4.79 Å². The summed E-state index contributed by atoms with van der Waals surface area (Å²) in [5.41, 5.74) is 2.34. The second-order valence-corrected chi connectivity index (χ2v) is 4.73. The summed E-state index contributed by atoms with van der Waals surface area (Å²) in [7, 11) is 0. The van der Waals surface area contributed by atoms with E-state index < -0.39 is 0 Å². The van der Waals surface area contributed by atoms with Gasteiger partial charge in [-0.15, -0.1) is 0 Å². The zero-order valence-corrected chi connectivity index (χ0v) is 12.6. The molecule has 0 radical (unpaired) electrons. The van der Waals surface area contributed by atoms with Crippen molar-refractivity contribution in [1.82, 2.24) is 9.97 Å². The van der Waals surface area contributed by atoms with Crippen LogP contribution in [0.1, 0.15) is 35.6 Å². The molecule has 0 aromatic carbocycles. The smallest absolute Gasteiger partial charge is 0.257 e. The number of aromatic nitrogens is 2. The number of aryl methyl sites for hydroxylation is 2. The molecular weight excluding hydrogens is 264 g/mol. The monoisotopic (exact) mass is 284 g/mol. The van der Waals surface area contributed by atoms with E-state index >= 15 is 0 Å². The van der Waals surface area contributed by atoms with Crippen molar-refractivity contribution in [2.75, 3.05) is 17.2 Å². The van der Waals surface area contributed by atoms with E-state index in [0.717, 1.165) is 30.2 Å². The minimum atomic E-state index is -0.177. The Hall–Kier alpha value is -2.43. The van der Waals surface area contributed by atoms with Gasteiger partial charge in [-0.3, -0.25) is 4.79 Å². The van der Waals surface area contributed by atoms with Crippen LogP contribution in [0.5, 0.6) is 0 Å². The predicted octanol–water partition coefficient (Wildman–Crippen LogP) is 3.03. The van der Waals surface area contributed by atoms with Gasteiger partial charge < -0.3 is 10.6 Å². The van der Waals surface area contributed by atoms with Gasteiger partial charge in [0.25, 0.3) is 5.91 Å². The van der Waals surface area contributed by atoms with Gasteiger partial charge in [0, 0.05) is 23.5 Å². The third-order valence-corrected chi connectivity index (χ3v) is 2.99. The fourth-order valence-corrected chi connectivity index (χ4v) is 1.97. The Balaban J connectivity index is 2.23. The summed E-state index contributed by atoms with van der Waals surface area (Å²) in [4.78, 5) is 21.1. The summed E-state index contributed by atoms with van der Waals surface area (Å²) in [6.07, 6.45) is 0.780. The number of nitrogens with one attached hydrogen (secondary N) is 2. The maximum Gasteiger partial charge on any atom is 0.257 e. The first-order valence-corrected chi connectivity index (χ1v) is 7.12. The molecule has 0 fully saturated rings. The first kappa shape index (κ1) is 15.0. The molecule has 110 valence electrons. The molecule has 0 aliphatic carbocycles. The van der Waals surface area contributed by atoms with E-state index in [1.165, 1.54) is 0 Å². The van der Waals surface area contributed by atoms with Gasteiger partial charge in [0.05, 0.1) is 0 Å². The molecule has 1 amide bonds. The number of rotatable bonds is 5. The van der Waals surface area contributed by atoms with Crippen molar-refractivity contribution >= 4 is 17.5 Å². The number of hydrogen-bond acceptors (Lipinski definition) is 4. The molecule has 0 bridgehead atoms. The highest BCUT2D eigenvalue weighted by Crippen LogP contribution is 2.13. The van der Waals surface area contributed by atoms with Crippen molar-refractivity contribution in [3.63, 3.8) is 0 Å². The first-order chi connectivity index (χ1) is 10.1. The van der Waals surface area contributed by atoms with E-state index in [1.54, 1.807) is 12.1 Å². The minimum absolute atomic E-state index is 0.177. The molecule has 21 heavy (non-hydrogen) atoms. The van der Waals surface area contributed by atoms with Gasteiger partial charge in [-0.25, -0.2) is 9.97 Å². The second kappa shape index (κ2) is 6.83. The highest BCUT2D eigenvalue weighted by molar-refractivity contribution is 6.04. The van der Waals surface area contributed by atoms with Gasteiger partial charge in [-0.2, -0.15) is 0 Å². The Morgan fingerprint density at radius 2 is 1.95 bits per heavy atom. The molecule has 5 nitrogen and oxygen atoms in total. The van der Waals surface area contributed by atoms with Crippen molar-refractivity contribution < 1.29 is 4.79 Å². The van der Waals surface area contributed by atoms with Crippen LogP contribution in [-0.4, -0.2) is 22.4 Å². The van der Waals surface area contributed by atoms with Crippen LogP contribution in [0.25, 0.3) is 0 Å². The first-order valence-electron chi connectivity index (χ1n) is 7.12. The second-order valence-electron chi connectivity index (χ2n) is 4.73. The average molecular weight is 284 g/mol. The largest absolute Gasteiger partial charge is 0.370 e. The average Bonchev–Trinajstić information content (AvgIpc) is 2.47. The molecule has 0 aliphatic heterocycles. The van der Waals surface area contributed by atoms with Crippen molar-refractivity contribution in [2.24, 2.45) is 0 Å². The highest BCUT2D eigenvalue weighted by Gasteiger charge is 2.10. The lowest BCUT2D eigenvalue weighted by Crippen LogP contribution is -2.15. The Morgan fingerprint density at radius 1 is 1.14 bits per heavy atom. The van der Waals surface area contributed by atoms with Crippen LogP contribution in [0.2, 0.25) is 0 Å². The van der Waals surface area contributed by atoms with Gasteiger partial charge in [-0.1, -0.05) is 13.0 Å². The van der Waals surface area contributed by atoms with Crippen LogP contribution in [0.4, 0.5) is 11.6 Å². The molecule has 0 atom stereocenters. The van der Waals surface area contributed by atoms with Gasteiger partial charge in [-0.05, 0) is 44.5 Å². The summed E-state index contributed by atoms with van der Waals surface area (Å²) >= 11 is 0. The van der Waals surface area contributed by atoms with Crippen LogP contribution in [0.3, 0.4) is 0 Å². The van der Waals surface area contributed by atoms with E-state index in [-0.39, 0.29) is 5.91 Å². The molecule has 2 aromatic heterocycles. The maximum atomic E-state index is 12.3. The molecule has 2 heterocycles. The fraction of sp³-hybridized carbons (Fsp3) is 0.312. The van der Waals surface area contributed by atoms with Gasteiger partial charge >= 0.3 is 0 Å². The fourth-order valence-electron chi connectivity index (χ4n) is 1.97. The topological polar surface area (TPSA) is 66.9 Å². The highest BCUT2D eigenvalue weighted by atomic mass is 16.1. The van der Waals surface area contributed by atoms with Gasteiger partial charge in [0.2, 0.25) is 0 Å². The summed E-state index contributed by atoms with van der Waals surface area (Å²) in [5, 5.41) is 5.96. The molecule has 0 unspecified atom stereocenters. The molecule has 5 heteroatoms. The molecule has 0 saturated heterocycles. The van der Waals surface area contributed by atoms with Gasteiger partial charge in [0.15, 0.2) is 0 Å². The van der Waals surface area contributed by atoms with Crippen LogP contribution in [0, 0.1) is 6.92 Å². The molecule has 2 N–H and O–H groups in total. The molecule has 0 aliphatic rings. The standard InChI is InChI=1S/C16H20N4O/c1-4-13-9-12(10-15(19-13)17-5-2)16(21)20-14-8-6-7-11(3)18-14/h6-10H,4-5H2,1-3H3,(H,17,19)(H,18,20,21). The number of anilines is 2. The lowest BCUT2D eigenvalue weighted by Gasteiger charge is -2.09. The van der Waals surface area contributed by atoms with E-state index in [0.29, 0.717) is 11.4 Å². The quantitative estimate of drug-likeness (QED) is 0.885. The van der Waals surface area contributed by atoms with E-state index in [2.05, 4.69) is 20.6 Å². The van der Waals surface area contributed by atoms with Crippen LogP contribution in [-0.2, 0) is 6.42 Å². The lowest BCUT2D eigenvalue weighted by atomic mass is 10.2. The number of carbonyl (C=O) groups is 1. The van der Waals surface area contributed by atoms with E-state index in [4.69, 9.17) is 0 Å². The molecule has 2 aromatic rings. The zero-order valence-electron chi connectivity index (χ0n) is 12.6. The predicted molar refractivity (Wildman–Crippen MR) is 84.7 cm³/mol. The normalized spacial score (nSPS) is 10.2. The number of carbonyl (C=O) groups excluding carboxylic acids is 1. The van der Waals surface area contributed by atoms with Crippen LogP contribution in [0.15, 0.2) is 30.3 Å². The summed E-state index contributed by atoms with van der Waals surface area (Å²) < 4.78 is 0. The summed E-state index contributed by atoms with van der Waals surface area (Å²) in [6, 6.07) is 9.10. The lowest BCUT2D eigenvalue weighted by molar-refractivity contribution is 0.102. The molecular formula is C16H20N4O. The summed E-state index contributed by atoms with van der Waals surface area (Å²) in [6.45, 7) is 6.67. The maximum absolute atomic E-state index is 12.3. The Morgan fingerprint density at radius 3 is 2.62 bits per heavy atom. The number of amides is 1. The van der Waals surface area contributed by atoms with E-state index in [1.807, 2.05) is 39.0 Å². The Bertz CT molecular complexity index is 640. The van der Waals surface area contributed by atoms with Crippen molar-refractivity contribution in [3.8, 4) is 0 Å². The third-order valence-electron chi connectivity index (χ3n) is 2.99. The zero-order chi connectivity index (χ0) is 15.2. The number of pyridine rings is 2. The number of hydrogen-bond donors (Lipinski definition) is 2. The van der Waals surface area contributed by atoms with Gasteiger partial charge in [0.1, 0.15) is 11.6 Å². The van der Waals surface area contributed by atoms with Crippen molar-refractivity contribution in [1.29, 1.82) is 0 Å². The third kappa shape index (κ3) is 4.02. The summed E-state index contributed by atoms with van der Waals surface area (Å²) in [5.74, 6) is 1.10. The molecule has 0 saturated carbocycles. The molecule has 2 rings (SSSR count). The van der Waals surface area contributed by atoms with Crippen molar-refractivity contribution in [3.05, 3.63) is 47.3 Å². The van der Waals surface area contributed by atoms with Crippen LogP contribution >= 0.6 is 0 Å². The molecule has 0 spiro atoms.